The molecule has 0 spiro atoms. The van der Waals surface area contributed by atoms with Crippen LogP contribution < -0.4 is 5.32 Å². The molecule has 0 bridgehead atoms. The Labute approximate surface area is 153 Å². The molecule has 144 valence electrons. The van der Waals surface area contributed by atoms with E-state index < -0.39 is 27.9 Å². The molecule has 1 saturated heterocycles. The molecule has 0 aliphatic carbocycles. The molecule has 9 heteroatoms. The van der Waals surface area contributed by atoms with Gasteiger partial charge in [-0.3, -0.25) is 9.59 Å². The van der Waals surface area contributed by atoms with Crippen molar-refractivity contribution >= 4 is 21.9 Å². The van der Waals surface area contributed by atoms with Gasteiger partial charge in [-0.15, -0.1) is 0 Å². The van der Waals surface area contributed by atoms with Crippen molar-refractivity contribution in [3.8, 4) is 0 Å². The molecule has 0 aromatic heterocycles. The van der Waals surface area contributed by atoms with Gasteiger partial charge in [-0.1, -0.05) is 13.0 Å². The van der Waals surface area contributed by atoms with Crippen LogP contribution in [0.3, 0.4) is 0 Å². The SMILES string of the molecule is CCc1ccc(C(=O)NC(C)CC(=O)O)cc1S(=O)(=O)N1CCOCC1. The Balaban J connectivity index is 2.30. The summed E-state index contributed by atoms with van der Waals surface area (Å²) in [6.45, 7) is 4.66. The average molecular weight is 384 g/mol. The van der Waals surface area contributed by atoms with Gasteiger partial charge in [0.05, 0.1) is 24.5 Å². The number of amides is 1. The van der Waals surface area contributed by atoms with E-state index in [2.05, 4.69) is 5.32 Å². The van der Waals surface area contributed by atoms with E-state index >= 15 is 0 Å². The van der Waals surface area contributed by atoms with E-state index in [9.17, 15) is 18.0 Å². The van der Waals surface area contributed by atoms with Crippen LogP contribution in [0.25, 0.3) is 0 Å². The van der Waals surface area contributed by atoms with Gasteiger partial charge in [0.1, 0.15) is 0 Å². The summed E-state index contributed by atoms with van der Waals surface area (Å²) < 4.78 is 32.5. The number of benzene rings is 1. The number of carbonyl (C=O) groups is 2. The minimum Gasteiger partial charge on any atom is -0.481 e. The molecule has 1 fully saturated rings. The Morgan fingerprint density at radius 3 is 2.54 bits per heavy atom. The van der Waals surface area contributed by atoms with Crippen LogP contribution in [0, 0.1) is 0 Å². The molecule has 1 unspecified atom stereocenters. The highest BCUT2D eigenvalue weighted by atomic mass is 32.2. The molecule has 1 aromatic carbocycles. The lowest BCUT2D eigenvalue weighted by Crippen LogP contribution is -2.41. The van der Waals surface area contributed by atoms with Gasteiger partial charge in [0.25, 0.3) is 5.91 Å². The number of aliphatic carboxylic acids is 1. The quantitative estimate of drug-likeness (QED) is 0.721. The van der Waals surface area contributed by atoms with E-state index in [1.54, 1.807) is 19.1 Å². The predicted octanol–water partition coefficient (Wildman–Crippen LogP) is 0.863. The zero-order valence-electron chi connectivity index (χ0n) is 14.9. The van der Waals surface area contributed by atoms with E-state index in [4.69, 9.17) is 9.84 Å². The van der Waals surface area contributed by atoms with E-state index in [1.165, 1.54) is 10.4 Å². The summed E-state index contributed by atoms with van der Waals surface area (Å²) in [5, 5.41) is 11.4. The van der Waals surface area contributed by atoms with Crippen molar-refractivity contribution in [1.82, 2.24) is 9.62 Å². The molecule has 1 aromatic rings. The standard InChI is InChI=1S/C17H24N2O6S/c1-3-13-4-5-14(17(22)18-12(2)10-16(20)21)11-15(13)26(23,24)19-6-8-25-9-7-19/h4-5,11-12H,3,6-10H2,1-2H3,(H,18,22)(H,20,21). The summed E-state index contributed by atoms with van der Waals surface area (Å²) in [7, 11) is -3.73. The number of morpholine rings is 1. The molecule has 1 aliphatic heterocycles. The van der Waals surface area contributed by atoms with Crippen molar-refractivity contribution in [2.75, 3.05) is 26.3 Å². The Hall–Kier alpha value is -1.97. The molecule has 2 rings (SSSR count). The summed E-state index contributed by atoms with van der Waals surface area (Å²) in [4.78, 5) is 23.2. The van der Waals surface area contributed by atoms with Gasteiger partial charge >= 0.3 is 5.97 Å². The first-order chi connectivity index (χ1) is 12.3. The van der Waals surface area contributed by atoms with E-state index in [0.717, 1.165) is 0 Å². The van der Waals surface area contributed by atoms with Gasteiger partial charge in [-0.05, 0) is 31.0 Å². The zero-order chi connectivity index (χ0) is 19.3. The minimum absolute atomic E-state index is 0.112. The Morgan fingerprint density at radius 2 is 1.96 bits per heavy atom. The van der Waals surface area contributed by atoms with Crippen molar-refractivity contribution in [3.05, 3.63) is 29.3 Å². The van der Waals surface area contributed by atoms with E-state index in [1.807, 2.05) is 6.92 Å². The van der Waals surface area contributed by atoms with Crippen LogP contribution in [-0.2, 0) is 26.0 Å². The fourth-order valence-corrected chi connectivity index (χ4v) is 4.50. The van der Waals surface area contributed by atoms with Gasteiger partial charge in [-0.25, -0.2) is 8.42 Å². The molecular formula is C17H24N2O6S. The molecule has 1 amide bonds. The van der Waals surface area contributed by atoms with Gasteiger partial charge in [-0.2, -0.15) is 4.31 Å². The molecule has 1 heterocycles. The number of nitrogens with zero attached hydrogens (tertiary/aromatic N) is 1. The Morgan fingerprint density at radius 1 is 1.31 bits per heavy atom. The summed E-state index contributed by atoms with van der Waals surface area (Å²) in [5.74, 6) is -1.52. The maximum atomic E-state index is 13.0. The van der Waals surface area contributed by atoms with E-state index in [-0.39, 0.29) is 30.0 Å². The Bertz CT molecular complexity index is 771. The number of aryl methyl sites for hydroxylation is 1. The first kappa shape index (κ1) is 20.3. The average Bonchev–Trinajstić information content (AvgIpc) is 2.61. The highest BCUT2D eigenvalue weighted by molar-refractivity contribution is 7.89. The van der Waals surface area contributed by atoms with Gasteiger partial charge in [0.2, 0.25) is 10.0 Å². The van der Waals surface area contributed by atoms with Crippen molar-refractivity contribution < 1.29 is 27.9 Å². The van der Waals surface area contributed by atoms with Crippen molar-refractivity contribution in [2.24, 2.45) is 0 Å². The third kappa shape index (κ3) is 4.80. The molecule has 26 heavy (non-hydrogen) atoms. The smallest absolute Gasteiger partial charge is 0.305 e. The summed E-state index contributed by atoms with van der Waals surface area (Å²) >= 11 is 0. The number of carbonyl (C=O) groups excluding carboxylic acids is 1. The molecule has 8 nitrogen and oxygen atoms in total. The van der Waals surface area contributed by atoms with Crippen LogP contribution in [0.5, 0.6) is 0 Å². The summed E-state index contributed by atoms with van der Waals surface area (Å²) in [6.07, 6.45) is 0.300. The van der Waals surface area contributed by atoms with Gasteiger partial charge in [0, 0.05) is 24.7 Å². The monoisotopic (exact) mass is 384 g/mol. The Kier molecular flexibility index (Phi) is 6.74. The molecule has 0 radical (unpaired) electrons. The van der Waals surface area contributed by atoms with Crippen LogP contribution in [0.15, 0.2) is 23.1 Å². The highest BCUT2D eigenvalue weighted by Gasteiger charge is 2.29. The number of hydrogen-bond donors (Lipinski definition) is 2. The topological polar surface area (TPSA) is 113 Å². The molecule has 1 aliphatic rings. The van der Waals surface area contributed by atoms with E-state index in [0.29, 0.717) is 25.2 Å². The van der Waals surface area contributed by atoms with Gasteiger partial charge in [0.15, 0.2) is 0 Å². The van der Waals surface area contributed by atoms with Crippen LogP contribution in [-0.4, -0.2) is 62.1 Å². The zero-order valence-corrected chi connectivity index (χ0v) is 15.7. The minimum atomic E-state index is -3.73. The fraction of sp³-hybridized carbons (Fsp3) is 0.529. The van der Waals surface area contributed by atoms with Crippen LogP contribution >= 0.6 is 0 Å². The highest BCUT2D eigenvalue weighted by Crippen LogP contribution is 2.23. The molecular weight excluding hydrogens is 360 g/mol. The number of sulfonamides is 1. The van der Waals surface area contributed by atoms with Crippen molar-refractivity contribution in [1.29, 1.82) is 0 Å². The fourth-order valence-electron chi connectivity index (χ4n) is 2.77. The normalized spacial score (nSPS) is 16.8. The van der Waals surface area contributed by atoms with Crippen molar-refractivity contribution in [2.45, 2.75) is 37.6 Å². The molecule has 2 N–H and O–H groups in total. The van der Waals surface area contributed by atoms with Gasteiger partial charge < -0.3 is 15.2 Å². The lowest BCUT2D eigenvalue weighted by Gasteiger charge is -2.27. The lowest BCUT2D eigenvalue weighted by atomic mass is 10.1. The van der Waals surface area contributed by atoms with Crippen LogP contribution in [0.2, 0.25) is 0 Å². The third-order valence-corrected chi connectivity index (χ3v) is 6.14. The maximum absolute atomic E-state index is 13.0. The van der Waals surface area contributed by atoms with Crippen LogP contribution in [0.4, 0.5) is 0 Å². The second-order valence-corrected chi connectivity index (χ2v) is 8.07. The first-order valence-electron chi connectivity index (χ1n) is 8.49. The maximum Gasteiger partial charge on any atom is 0.305 e. The van der Waals surface area contributed by atoms with Crippen molar-refractivity contribution in [3.63, 3.8) is 0 Å². The number of rotatable bonds is 7. The molecule has 0 saturated carbocycles. The second kappa shape index (κ2) is 8.61. The number of hydrogen-bond acceptors (Lipinski definition) is 5. The third-order valence-electron chi connectivity index (χ3n) is 4.16. The summed E-state index contributed by atoms with van der Waals surface area (Å²) in [5.41, 5.74) is 0.817. The predicted molar refractivity (Wildman–Crippen MR) is 94.6 cm³/mol. The largest absolute Gasteiger partial charge is 0.481 e. The number of carboxylic acid groups (broad SMARTS) is 1. The lowest BCUT2D eigenvalue weighted by molar-refractivity contribution is -0.137. The summed E-state index contributed by atoms with van der Waals surface area (Å²) in [6, 6.07) is 3.99. The first-order valence-corrected chi connectivity index (χ1v) is 9.93. The number of carboxylic acids is 1. The number of nitrogens with one attached hydrogen (secondary N) is 1. The van der Waals surface area contributed by atoms with Crippen LogP contribution in [0.1, 0.15) is 36.2 Å². The molecule has 1 atom stereocenters. The second-order valence-electron chi connectivity index (χ2n) is 6.16. The number of ether oxygens (including phenoxy) is 1.